The standard InChI is InChI=1S/C7H4N16.12C4H9.4Sn/c1(2(4-8-16-17-9-4)5-10-18-19-11-5)3(6-12-20-21-13-6)7-14-22-23-15-7;12*1-3-4-2;;;;/h2-3H,1H2;12*1,3-4H2,2H3;;;;/q-4;;;;;;;;;;;;;4*+1. The van der Waals surface area contributed by atoms with E-state index in [1.165, 1.54) is 207 Å². The number of hydrogen-bond donors (Lipinski definition) is 0. The first kappa shape index (κ1) is 67.0. The van der Waals surface area contributed by atoms with Crippen molar-refractivity contribution >= 4 is 74.6 Å². The zero-order valence-corrected chi connectivity index (χ0v) is 61.9. The number of rotatable bonds is 46. The van der Waals surface area contributed by atoms with Crippen molar-refractivity contribution in [1.82, 2.24) is 73.7 Å². The molecule has 0 radical (unpaired) electrons. The van der Waals surface area contributed by atoms with Crippen molar-refractivity contribution in [2.75, 3.05) is 0 Å². The van der Waals surface area contributed by atoms with Gasteiger partial charge in [-0.05, 0) is 0 Å². The SMILES string of the molecule is CCC[CH2][Sn]([CH2]CCC)([CH2]CCC)[n]1nnc(C(CC(c2nn[n]([Sn]([CH2]CCC)([CH2]CCC)[CH2]CCC)n2)c2nn[n]([Sn]([CH2]CCC)([CH2]CCC)[CH2]CCC)n2)c2nn[n]([Sn]([CH2]CCC)([CH2]CCC)[CH2]CCC)n2)n1. The van der Waals surface area contributed by atoms with Gasteiger partial charge in [0.1, 0.15) is 0 Å². The summed E-state index contributed by atoms with van der Waals surface area (Å²) in [6.07, 6.45) is 29.3. The zero-order chi connectivity index (χ0) is 54.4. The van der Waals surface area contributed by atoms with Gasteiger partial charge in [0.15, 0.2) is 0 Å². The van der Waals surface area contributed by atoms with Crippen molar-refractivity contribution in [3.05, 3.63) is 23.3 Å². The van der Waals surface area contributed by atoms with Crippen LogP contribution >= 0.6 is 0 Å². The first-order valence-electron chi connectivity index (χ1n) is 31.8. The van der Waals surface area contributed by atoms with E-state index >= 15 is 0 Å². The molecule has 0 saturated heterocycles. The minimum absolute atomic E-state index is 0.418. The van der Waals surface area contributed by atoms with Crippen molar-refractivity contribution < 1.29 is 0 Å². The van der Waals surface area contributed by atoms with Crippen LogP contribution in [0.25, 0.3) is 0 Å². The fourth-order valence-corrected chi connectivity index (χ4v) is 68.2. The molecule has 20 heteroatoms. The third kappa shape index (κ3) is 19.3. The predicted octanol–water partition coefficient (Wildman–Crippen LogP) is 15.8. The molecule has 4 rings (SSSR count). The van der Waals surface area contributed by atoms with Gasteiger partial charge in [-0.3, -0.25) is 0 Å². The molecule has 16 nitrogen and oxygen atoms in total. The molecule has 0 N–H and O–H groups in total. The molecular weight excluding hydrogens is 1360 g/mol. The van der Waals surface area contributed by atoms with Crippen LogP contribution in [-0.4, -0.2) is 148 Å². The molecule has 0 fully saturated rings. The van der Waals surface area contributed by atoms with E-state index in [-0.39, 0.29) is 0 Å². The Balaban J connectivity index is 2.10. The summed E-state index contributed by atoms with van der Waals surface area (Å²) in [6.45, 7) is 28.0. The molecular formula is C55H112N16Sn4. The Labute approximate surface area is 475 Å². The molecule has 4 heterocycles. The second-order valence-electron chi connectivity index (χ2n) is 23.2. The third-order valence-electron chi connectivity index (χ3n) is 17.1. The molecule has 4 aromatic heterocycles. The number of hydrogen-bond acceptors (Lipinski definition) is 12. The summed E-state index contributed by atoms with van der Waals surface area (Å²) < 4.78 is 24.0. The van der Waals surface area contributed by atoms with Crippen molar-refractivity contribution in [2.45, 2.75) is 309 Å². The molecule has 0 unspecified atom stereocenters. The van der Waals surface area contributed by atoms with Gasteiger partial charge < -0.3 is 0 Å². The van der Waals surface area contributed by atoms with Crippen LogP contribution in [0.2, 0.25) is 53.2 Å². The molecule has 75 heavy (non-hydrogen) atoms. The van der Waals surface area contributed by atoms with E-state index < -0.39 is 86.4 Å². The van der Waals surface area contributed by atoms with Gasteiger partial charge in [-0.1, -0.05) is 0 Å². The van der Waals surface area contributed by atoms with Crippen molar-refractivity contribution in [2.24, 2.45) is 0 Å². The monoisotopic (exact) mass is 1480 g/mol. The predicted molar refractivity (Wildman–Crippen MR) is 321 cm³/mol. The second-order valence-corrected chi connectivity index (χ2v) is 72.9. The Morgan fingerprint density at radius 2 is 0.400 bits per heavy atom. The molecule has 0 aliphatic heterocycles. The van der Waals surface area contributed by atoms with E-state index in [4.69, 9.17) is 61.6 Å². The number of tetrazole rings is 4. The molecule has 0 aliphatic carbocycles. The van der Waals surface area contributed by atoms with Crippen LogP contribution in [0, 0.1) is 0 Å². The van der Waals surface area contributed by atoms with Crippen LogP contribution in [-0.2, 0) is 0 Å². The fourth-order valence-electron chi connectivity index (χ4n) is 11.9. The topological polar surface area (TPSA) is 174 Å². The summed E-state index contributed by atoms with van der Waals surface area (Å²) in [7, 11) is 0. The summed E-state index contributed by atoms with van der Waals surface area (Å²) in [6, 6.07) is 0. The summed E-state index contributed by atoms with van der Waals surface area (Å²) in [4.78, 5) is 0. The molecule has 428 valence electrons. The third-order valence-corrected chi connectivity index (χ3v) is 72.9. The van der Waals surface area contributed by atoms with E-state index in [0.717, 1.165) is 0 Å². The van der Waals surface area contributed by atoms with Crippen LogP contribution in [0.3, 0.4) is 0 Å². The average Bonchev–Trinajstić information content (AvgIpc) is 4.31. The van der Waals surface area contributed by atoms with E-state index in [0.29, 0.717) is 29.7 Å². The maximum atomic E-state index is 5.66. The van der Waals surface area contributed by atoms with Crippen molar-refractivity contribution in [3.8, 4) is 0 Å². The van der Waals surface area contributed by atoms with Crippen LogP contribution < -0.4 is 0 Å². The molecule has 0 aliphatic rings. The van der Waals surface area contributed by atoms with Gasteiger partial charge in [0.05, 0.1) is 0 Å². The molecule has 0 bridgehead atoms. The van der Waals surface area contributed by atoms with Crippen LogP contribution in [0.15, 0.2) is 0 Å². The Kier molecular flexibility index (Phi) is 32.8. The molecule has 4 aromatic rings. The summed E-state index contributed by atoms with van der Waals surface area (Å²) in [5.41, 5.74) is 0. The van der Waals surface area contributed by atoms with Crippen molar-refractivity contribution in [1.29, 1.82) is 0 Å². The van der Waals surface area contributed by atoms with Gasteiger partial charge in [-0.25, -0.2) is 0 Å². The maximum absolute atomic E-state index is 5.66. The van der Waals surface area contributed by atoms with Gasteiger partial charge in [0, 0.05) is 0 Å². The van der Waals surface area contributed by atoms with Gasteiger partial charge in [-0.15, -0.1) is 0 Å². The minimum atomic E-state index is -3.19. The van der Waals surface area contributed by atoms with E-state index in [1.54, 1.807) is 0 Å². The summed E-state index contributed by atoms with van der Waals surface area (Å²) in [5, 5.41) is 64.0. The first-order chi connectivity index (χ1) is 36.6. The Hall–Kier alpha value is -0.525. The van der Waals surface area contributed by atoms with E-state index in [9.17, 15) is 0 Å². The van der Waals surface area contributed by atoms with Gasteiger partial charge in [0.2, 0.25) is 0 Å². The first-order valence-corrected chi connectivity index (χ1v) is 61.1. The van der Waals surface area contributed by atoms with Gasteiger partial charge in [0.25, 0.3) is 0 Å². The molecule has 0 spiro atoms. The number of unbranched alkanes of at least 4 members (excludes halogenated alkanes) is 12. The quantitative estimate of drug-likeness (QED) is 0.0384. The summed E-state index contributed by atoms with van der Waals surface area (Å²) in [5.74, 6) is 1.96. The van der Waals surface area contributed by atoms with Gasteiger partial charge in [-0.2, -0.15) is 0 Å². The number of nitrogens with zero attached hydrogens (tertiary/aromatic N) is 16. The average molecular weight is 1470 g/mol. The van der Waals surface area contributed by atoms with E-state index in [1.807, 2.05) is 0 Å². The Bertz CT molecular complexity index is 1700. The fraction of sp³-hybridized carbons (Fsp3) is 0.927. The second kappa shape index (κ2) is 36.8. The van der Waals surface area contributed by atoms with Crippen LogP contribution in [0.1, 0.15) is 279 Å². The molecule has 0 saturated carbocycles. The zero-order valence-electron chi connectivity index (χ0n) is 50.5. The van der Waals surface area contributed by atoms with Crippen molar-refractivity contribution in [3.63, 3.8) is 0 Å². The normalized spacial score (nSPS) is 12.9. The van der Waals surface area contributed by atoms with E-state index in [2.05, 4.69) is 95.2 Å². The van der Waals surface area contributed by atoms with Crippen LogP contribution in [0.5, 0.6) is 0 Å². The van der Waals surface area contributed by atoms with Crippen LogP contribution in [0.4, 0.5) is 0 Å². The summed E-state index contributed by atoms with van der Waals surface area (Å²) >= 11 is -12.8. The molecule has 0 atom stereocenters. The number of aromatic nitrogens is 16. The Morgan fingerprint density at radius 1 is 0.253 bits per heavy atom. The molecule has 0 aromatic carbocycles. The Morgan fingerprint density at radius 3 is 0.533 bits per heavy atom. The molecule has 0 amide bonds. The van der Waals surface area contributed by atoms with Gasteiger partial charge >= 0.3 is 480 Å².